The Morgan fingerprint density at radius 3 is 2.67 bits per heavy atom. The SMILES string of the molecule is FC(F)(F)c1cnc(N[C@H]2COC[C@H]2Cc2ccncc2)c(Cl)c1. The Balaban J connectivity index is 1.70. The number of ether oxygens (including phenoxy) is 1. The number of hydrogen-bond acceptors (Lipinski definition) is 4. The lowest BCUT2D eigenvalue weighted by molar-refractivity contribution is -0.137. The molecule has 2 aromatic rings. The molecule has 3 heterocycles. The summed E-state index contributed by atoms with van der Waals surface area (Å²) < 4.78 is 43.5. The minimum Gasteiger partial charge on any atom is -0.379 e. The van der Waals surface area contributed by atoms with Crippen LogP contribution >= 0.6 is 11.6 Å². The summed E-state index contributed by atoms with van der Waals surface area (Å²) in [4.78, 5) is 7.80. The molecule has 0 radical (unpaired) electrons. The molecule has 0 saturated carbocycles. The third-order valence-electron chi connectivity index (χ3n) is 3.94. The molecule has 0 unspecified atom stereocenters. The maximum Gasteiger partial charge on any atom is 0.417 e. The van der Waals surface area contributed by atoms with Gasteiger partial charge in [0.05, 0.1) is 29.8 Å². The van der Waals surface area contributed by atoms with Gasteiger partial charge in [0, 0.05) is 24.5 Å². The monoisotopic (exact) mass is 357 g/mol. The van der Waals surface area contributed by atoms with Gasteiger partial charge in [-0.25, -0.2) is 4.98 Å². The van der Waals surface area contributed by atoms with Crippen molar-refractivity contribution in [1.29, 1.82) is 0 Å². The van der Waals surface area contributed by atoms with Crippen molar-refractivity contribution in [2.75, 3.05) is 18.5 Å². The number of anilines is 1. The molecule has 1 aliphatic heterocycles. The molecule has 8 heteroatoms. The summed E-state index contributed by atoms with van der Waals surface area (Å²) >= 11 is 5.95. The number of halogens is 4. The average molecular weight is 358 g/mol. The molecule has 128 valence electrons. The van der Waals surface area contributed by atoms with E-state index in [1.807, 2.05) is 12.1 Å². The van der Waals surface area contributed by atoms with Gasteiger partial charge < -0.3 is 10.1 Å². The molecule has 1 saturated heterocycles. The van der Waals surface area contributed by atoms with E-state index < -0.39 is 11.7 Å². The van der Waals surface area contributed by atoms with E-state index in [9.17, 15) is 13.2 Å². The maximum absolute atomic E-state index is 12.7. The smallest absolute Gasteiger partial charge is 0.379 e. The second kappa shape index (κ2) is 6.94. The van der Waals surface area contributed by atoms with E-state index in [1.54, 1.807) is 12.4 Å². The Morgan fingerprint density at radius 2 is 2.00 bits per heavy atom. The van der Waals surface area contributed by atoms with Gasteiger partial charge in [-0.05, 0) is 30.2 Å². The molecule has 4 nitrogen and oxygen atoms in total. The van der Waals surface area contributed by atoms with Crippen LogP contribution in [0.3, 0.4) is 0 Å². The number of nitrogens with one attached hydrogen (secondary N) is 1. The predicted molar refractivity (Wildman–Crippen MR) is 83.9 cm³/mol. The predicted octanol–water partition coefficient (Wildman–Crippen LogP) is 3.82. The first-order valence-electron chi connectivity index (χ1n) is 7.39. The van der Waals surface area contributed by atoms with E-state index in [0.717, 1.165) is 24.2 Å². The number of aromatic nitrogens is 2. The van der Waals surface area contributed by atoms with Crippen LogP contribution in [0.15, 0.2) is 36.8 Å². The van der Waals surface area contributed by atoms with Gasteiger partial charge in [-0.1, -0.05) is 11.6 Å². The summed E-state index contributed by atoms with van der Waals surface area (Å²) in [7, 11) is 0. The highest BCUT2D eigenvalue weighted by Crippen LogP contribution is 2.33. The lowest BCUT2D eigenvalue weighted by atomic mass is 9.95. The average Bonchev–Trinajstić information content (AvgIpc) is 2.96. The van der Waals surface area contributed by atoms with E-state index in [2.05, 4.69) is 15.3 Å². The summed E-state index contributed by atoms with van der Waals surface area (Å²) in [6.07, 6.45) is 0.541. The fraction of sp³-hybridized carbons (Fsp3) is 0.375. The van der Waals surface area contributed by atoms with Crippen LogP contribution in [0, 0.1) is 5.92 Å². The zero-order chi connectivity index (χ0) is 17.2. The summed E-state index contributed by atoms with van der Waals surface area (Å²) in [6.45, 7) is 1.02. The van der Waals surface area contributed by atoms with Crippen molar-refractivity contribution in [3.63, 3.8) is 0 Å². The molecular weight excluding hydrogens is 343 g/mol. The highest BCUT2D eigenvalue weighted by atomic mass is 35.5. The summed E-state index contributed by atoms with van der Waals surface area (Å²) in [5.41, 5.74) is 0.257. The largest absolute Gasteiger partial charge is 0.417 e. The molecule has 0 aromatic carbocycles. The van der Waals surface area contributed by atoms with Crippen molar-refractivity contribution in [3.8, 4) is 0 Å². The number of rotatable bonds is 4. The minimum absolute atomic E-state index is 0.0561. The van der Waals surface area contributed by atoms with E-state index >= 15 is 0 Å². The van der Waals surface area contributed by atoms with Crippen molar-refractivity contribution in [3.05, 3.63) is 52.9 Å². The van der Waals surface area contributed by atoms with Crippen molar-refractivity contribution in [2.24, 2.45) is 5.92 Å². The van der Waals surface area contributed by atoms with Crippen molar-refractivity contribution < 1.29 is 17.9 Å². The standard InChI is InChI=1S/C16H15ClF3N3O/c17-13-6-12(16(18,19)20)7-22-15(13)23-14-9-24-8-11(14)5-10-1-3-21-4-2-10/h1-4,6-7,11,14H,5,8-9H2,(H,22,23)/t11-,14+/m1/s1. The van der Waals surface area contributed by atoms with Crippen LogP contribution in [0.5, 0.6) is 0 Å². The Hall–Kier alpha value is -1.86. The molecular formula is C16H15ClF3N3O. The molecule has 0 spiro atoms. The first-order chi connectivity index (χ1) is 11.4. The van der Waals surface area contributed by atoms with Crippen LogP contribution in [0.25, 0.3) is 0 Å². The lowest BCUT2D eigenvalue weighted by Crippen LogP contribution is -2.30. The molecule has 1 fully saturated rings. The quantitative estimate of drug-likeness (QED) is 0.903. The van der Waals surface area contributed by atoms with E-state index in [1.165, 1.54) is 0 Å². The summed E-state index contributed by atoms with van der Waals surface area (Å²) in [5, 5.41) is 3.05. The van der Waals surface area contributed by atoms with Crippen LogP contribution in [0.1, 0.15) is 11.1 Å². The van der Waals surface area contributed by atoms with Crippen LogP contribution in [0.4, 0.5) is 19.0 Å². The number of alkyl halides is 3. The third-order valence-corrected chi connectivity index (χ3v) is 4.22. The molecule has 0 amide bonds. The molecule has 2 atom stereocenters. The fourth-order valence-corrected chi connectivity index (χ4v) is 2.88. The van der Waals surface area contributed by atoms with E-state index in [-0.39, 0.29) is 22.8 Å². The Bertz CT molecular complexity index is 697. The number of hydrogen-bond donors (Lipinski definition) is 1. The van der Waals surface area contributed by atoms with Gasteiger partial charge in [0.15, 0.2) is 0 Å². The normalized spacial score (nSPS) is 21.0. The summed E-state index contributed by atoms with van der Waals surface area (Å²) in [5.74, 6) is 0.410. The van der Waals surface area contributed by atoms with Gasteiger partial charge >= 0.3 is 6.18 Å². The van der Waals surface area contributed by atoms with Crippen LogP contribution < -0.4 is 5.32 Å². The summed E-state index contributed by atoms with van der Waals surface area (Å²) in [6, 6.07) is 4.67. The Labute approximate surface area is 142 Å². The molecule has 1 aliphatic rings. The highest BCUT2D eigenvalue weighted by Gasteiger charge is 2.33. The van der Waals surface area contributed by atoms with Crippen LogP contribution in [0.2, 0.25) is 5.02 Å². The molecule has 24 heavy (non-hydrogen) atoms. The van der Waals surface area contributed by atoms with Crippen LogP contribution in [-0.4, -0.2) is 29.2 Å². The topological polar surface area (TPSA) is 47.0 Å². The first kappa shape index (κ1) is 17.0. The lowest BCUT2D eigenvalue weighted by Gasteiger charge is -2.20. The van der Waals surface area contributed by atoms with Crippen molar-refractivity contribution >= 4 is 17.4 Å². The van der Waals surface area contributed by atoms with Crippen LogP contribution in [-0.2, 0) is 17.3 Å². The molecule has 1 N–H and O–H groups in total. The number of pyridine rings is 2. The Kier molecular flexibility index (Phi) is 4.91. The van der Waals surface area contributed by atoms with Gasteiger partial charge in [-0.15, -0.1) is 0 Å². The zero-order valence-electron chi connectivity index (χ0n) is 12.6. The van der Waals surface area contributed by atoms with Gasteiger partial charge in [0.25, 0.3) is 0 Å². The number of nitrogens with zero attached hydrogens (tertiary/aromatic N) is 2. The van der Waals surface area contributed by atoms with Crippen molar-refractivity contribution in [2.45, 2.75) is 18.6 Å². The zero-order valence-corrected chi connectivity index (χ0v) is 13.3. The maximum atomic E-state index is 12.7. The van der Waals surface area contributed by atoms with E-state index in [0.29, 0.717) is 13.2 Å². The molecule has 3 rings (SSSR count). The highest BCUT2D eigenvalue weighted by molar-refractivity contribution is 6.33. The van der Waals surface area contributed by atoms with Gasteiger partial charge in [-0.2, -0.15) is 13.2 Å². The van der Waals surface area contributed by atoms with Gasteiger partial charge in [-0.3, -0.25) is 4.98 Å². The molecule has 2 aromatic heterocycles. The van der Waals surface area contributed by atoms with Gasteiger partial charge in [0.2, 0.25) is 0 Å². The third kappa shape index (κ3) is 3.96. The van der Waals surface area contributed by atoms with Gasteiger partial charge in [0.1, 0.15) is 5.82 Å². The van der Waals surface area contributed by atoms with Crippen molar-refractivity contribution in [1.82, 2.24) is 9.97 Å². The second-order valence-corrected chi connectivity index (χ2v) is 6.07. The molecule has 0 aliphatic carbocycles. The minimum atomic E-state index is -4.46. The fourth-order valence-electron chi connectivity index (χ4n) is 2.66. The Morgan fingerprint density at radius 1 is 1.25 bits per heavy atom. The first-order valence-corrected chi connectivity index (χ1v) is 7.77. The molecule has 0 bridgehead atoms. The second-order valence-electron chi connectivity index (χ2n) is 5.66. The van der Waals surface area contributed by atoms with E-state index in [4.69, 9.17) is 16.3 Å².